The minimum absolute atomic E-state index is 0.139. The largest absolute Gasteiger partial charge is 0.346 e. The Kier molecular flexibility index (Phi) is 3.88. The first kappa shape index (κ1) is 13.2. The summed E-state index contributed by atoms with van der Waals surface area (Å²) in [5, 5.41) is 16.3. The van der Waals surface area contributed by atoms with Gasteiger partial charge in [-0.1, -0.05) is 6.92 Å². The number of H-pyrrole nitrogens is 2. The third-order valence-electron chi connectivity index (χ3n) is 2.61. The van der Waals surface area contributed by atoms with E-state index in [0.29, 0.717) is 17.5 Å². The van der Waals surface area contributed by atoms with Crippen molar-refractivity contribution in [3.8, 4) is 0 Å². The molecule has 8 nitrogen and oxygen atoms in total. The second kappa shape index (κ2) is 5.59. The molecule has 2 heterocycles. The first-order valence-electron chi connectivity index (χ1n) is 6.17. The van der Waals surface area contributed by atoms with Crippen molar-refractivity contribution in [3.63, 3.8) is 0 Å². The van der Waals surface area contributed by atoms with E-state index in [1.54, 1.807) is 6.92 Å². The first-order chi connectivity index (χ1) is 9.08. The lowest BCUT2D eigenvalue weighted by atomic mass is 10.3. The molecule has 102 valence electrons. The fraction of sp³-hybridized carbons (Fsp3) is 0.545. The number of nitrogens with zero attached hydrogens (tertiary/aromatic N) is 4. The van der Waals surface area contributed by atoms with E-state index in [0.717, 1.165) is 12.2 Å². The van der Waals surface area contributed by atoms with Crippen LogP contribution < -0.4 is 5.32 Å². The van der Waals surface area contributed by atoms with Crippen molar-refractivity contribution < 1.29 is 4.79 Å². The number of amides is 1. The molecule has 0 fully saturated rings. The Labute approximate surface area is 110 Å². The second-order valence-corrected chi connectivity index (χ2v) is 4.30. The Bertz CT molecular complexity index is 559. The van der Waals surface area contributed by atoms with E-state index in [9.17, 15) is 4.79 Å². The molecule has 0 bridgehead atoms. The molecular formula is C11H17N7O. The van der Waals surface area contributed by atoms with Crippen LogP contribution in [0.4, 0.5) is 0 Å². The lowest BCUT2D eigenvalue weighted by Crippen LogP contribution is -2.29. The van der Waals surface area contributed by atoms with E-state index in [1.807, 2.05) is 13.8 Å². The minimum Gasteiger partial charge on any atom is -0.346 e. The number of carbonyl (C=O) groups excluding carboxylic acids is 1. The number of carbonyl (C=O) groups is 1. The van der Waals surface area contributed by atoms with Gasteiger partial charge in [0, 0.05) is 6.42 Å². The predicted molar refractivity (Wildman–Crippen MR) is 67.1 cm³/mol. The maximum Gasteiger partial charge on any atom is 0.228 e. The average Bonchev–Trinajstić information content (AvgIpc) is 2.98. The predicted octanol–water partition coefficient (Wildman–Crippen LogP) is 0.214. The molecule has 19 heavy (non-hydrogen) atoms. The van der Waals surface area contributed by atoms with Crippen molar-refractivity contribution in [2.75, 3.05) is 0 Å². The fourth-order valence-corrected chi connectivity index (χ4v) is 1.63. The number of hydrogen-bond donors (Lipinski definition) is 3. The van der Waals surface area contributed by atoms with Crippen molar-refractivity contribution in [3.05, 3.63) is 23.3 Å². The van der Waals surface area contributed by atoms with Gasteiger partial charge in [0.2, 0.25) is 5.91 Å². The van der Waals surface area contributed by atoms with Crippen LogP contribution in [0.1, 0.15) is 43.2 Å². The van der Waals surface area contributed by atoms with Gasteiger partial charge in [-0.3, -0.25) is 15.0 Å². The number of rotatable bonds is 5. The molecule has 2 rings (SSSR count). The van der Waals surface area contributed by atoms with Crippen LogP contribution in [0.3, 0.4) is 0 Å². The maximum atomic E-state index is 11.8. The molecule has 0 aliphatic heterocycles. The Hall–Kier alpha value is -2.25. The normalized spacial score (nSPS) is 12.4. The molecule has 1 amide bonds. The molecule has 2 aromatic rings. The Balaban J connectivity index is 1.91. The van der Waals surface area contributed by atoms with Crippen molar-refractivity contribution >= 4 is 5.91 Å². The molecule has 8 heteroatoms. The van der Waals surface area contributed by atoms with Crippen molar-refractivity contribution in [2.24, 2.45) is 0 Å². The fourth-order valence-electron chi connectivity index (χ4n) is 1.63. The topological polar surface area (TPSA) is 112 Å². The first-order valence-corrected chi connectivity index (χ1v) is 6.17. The van der Waals surface area contributed by atoms with Crippen LogP contribution in [-0.2, 0) is 17.6 Å². The Morgan fingerprint density at radius 2 is 2.11 bits per heavy atom. The zero-order valence-electron chi connectivity index (χ0n) is 11.2. The van der Waals surface area contributed by atoms with E-state index in [4.69, 9.17) is 0 Å². The van der Waals surface area contributed by atoms with Crippen LogP contribution in [-0.4, -0.2) is 36.3 Å². The second-order valence-electron chi connectivity index (χ2n) is 4.30. The van der Waals surface area contributed by atoms with Crippen LogP contribution in [0, 0.1) is 6.92 Å². The summed E-state index contributed by atoms with van der Waals surface area (Å²) in [6, 6.07) is -0.246. The molecular weight excluding hydrogens is 246 g/mol. The van der Waals surface area contributed by atoms with Gasteiger partial charge >= 0.3 is 0 Å². The van der Waals surface area contributed by atoms with Crippen LogP contribution in [0.25, 0.3) is 0 Å². The Morgan fingerprint density at radius 1 is 1.32 bits per heavy atom. The summed E-state index contributed by atoms with van der Waals surface area (Å²) in [6.45, 7) is 5.61. The van der Waals surface area contributed by atoms with Crippen LogP contribution >= 0.6 is 0 Å². The van der Waals surface area contributed by atoms with Gasteiger partial charge in [0.25, 0.3) is 0 Å². The third-order valence-corrected chi connectivity index (χ3v) is 2.61. The van der Waals surface area contributed by atoms with Gasteiger partial charge in [0.15, 0.2) is 11.6 Å². The summed E-state index contributed by atoms with van der Waals surface area (Å²) in [5.74, 6) is 2.40. The number of aryl methyl sites for hydroxylation is 2. The summed E-state index contributed by atoms with van der Waals surface area (Å²) < 4.78 is 0. The van der Waals surface area contributed by atoms with E-state index in [1.165, 1.54) is 0 Å². The van der Waals surface area contributed by atoms with Crippen molar-refractivity contribution in [1.82, 2.24) is 35.7 Å². The lowest BCUT2D eigenvalue weighted by Gasteiger charge is -2.09. The standard InChI is InChI=1S/C11H17N7O/c1-4-8-14-11(18-16-8)6(2)12-10(19)5-9-13-7(3)15-17-9/h6H,4-5H2,1-3H3,(H,12,19)(H,13,15,17)(H,14,16,18). The average molecular weight is 263 g/mol. The lowest BCUT2D eigenvalue weighted by molar-refractivity contribution is -0.121. The van der Waals surface area contributed by atoms with Gasteiger partial charge in [0.05, 0.1) is 12.5 Å². The van der Waals surface area contributed by atoms with Gasteiger partial charge < -0.3 is 5.32 Å². The summed E-state index contributed by atoms with van der Waals surface area (Å²) >= 11 is 0. The SMILES string of the molecule is CCc1nc(C(C)NC(=O)Cc2n[nH]c(C)n2)n[nH]1. The zero-order valence-corrected chi connectivity index (χ0v) is 11.2. The monoisotopic (exact) mass is 263 g/mol. The van der Waals surface area contributed by atoms with Crippen LogP contribution in [0.5, 0.6) is 0 Å². The van der Waals surface area contributed by atoms with Gasteiger partial charge in [-0.15, -0.1) is 0 Å². The third kappa shape index (κ3) is 3.36. The molecule has 1 unspecified atom stereocenters. The molecule has 0 spiro atoms. The highest BCUT2D eigenvalue weighted by molar-refractivity contribution is 5.78. The molecule has 0 radical (unpaired) electrons. The number of hydrogen-bond acceptors (Lipinski definition) is 5. The quantitative estimate of drug-likeness (QED) is 0.714. The molecule has 0 saturated heterocycles. The van der Waals surface area contributed by atoms with Gasteiger partial charge in [-0.2, -0.15) is 10.2 Å². The smallest absolute Gasteiger partial charge is 0.228 e. The van der Waals surface area contributed by atoms with E-state index >= 15 is 0 Å². The highest BCUT2D eigenvalue weighted by Crippen LogP contribution is 2.06. The van der Waals surface area contributed by atoms with Crippen molar-refractivity contribution in [2.45, 2.75) is 39.7 Å². The maximum absolute atomic E-state index is 11.8. The minimum atomic E-state index is -0.246. The molecule has 2 aromatic heterocycles. The molecule has 0 aliphatic rings. The van der Waals surface area contributed by atoms with Gasteiger partial charge in [0.1, 0.15) is 11.6 Å². The number of aromatic nitrogens is 6. The van der Waals surface area contributed by atoms with Crippen LogP contribution in [0.2, 0.25) is 0 Å². The number of nitrogens with one attached hydrogen (secondary N) is 3. The van der Waals surface area contributed by atoms with Gasteiger partial charge in [-0.05, 0) is 13.8 Å². The van der Waals surface area contributed by atoms with E-state index < -0.39 is 0 Å². The zero-order chi connectivity index (χ0) is 13.8. The van der Waals surface area contributed by atoms with Crippen molar-refractivity contribution in [1.29, 1.82) is 0 Å². The summed E-state index contributed by atoms with van der Waals surface area (Å²) in [4.78, 5) is 20.2. The van der Waals surface area contributed by atoms with Gasteiger partial charge in [-0.25, -0.2) is 9.97 Å². The van der Waals surface area contributed by atoms with E-state index in [2.05, 4.69) is 35.7 Å². The highest BCUT2D eigenvalue weighted by Gasteiger charge is 2.15. The van der Waals surface area contributed by atoms with Crippen LogP contribution in [0.15, 0.2) is 0 Å². The summed E-state index contributed by atoms with van der Waals surface area (Å²) in [5.41, 5.74) is 0. The summed E-state index contributed by atoms with van der Waals surface area (Å²) in [7, 11) is 0. The molecule has 1 atom stereocenters. The molecule has 3 N–H and O–H groups in total. The summed E-state index contributed by atoms with van der Waals surface area (Å²) in [6.07, 6.45) is 0.921. The molecule has 0 aliphatic carbocycles. The highest BCUT2D eigenvalue weighted by atomic mass is 16.1. The van der Waals surface area contributed by atoms with E-state index in [-0.39, 0.29) is 18.4 Å². The Morgan fingerprint density at radius 3 is 2.68 bits per heavy atom. The number of aromatic amines is 2. The molecule has 0 aromatic carbocycles. The molecule has 0 saturated carbocycles.